The van der Waals surface area contributed by atoms with Gasteiger partial charge in [-0.15, -0.1) is 0 Å². The molecule has 0 bridgehead atoms. The zero-order valence-corrected chi connectivity index (χ0v) is 12.1. The molecular formula is C14H23N3O2. The molecule has 0 aliphatic carbocycles. The van der Waals surface area contributed by atoms with Crippen LogP contribution in [-0.2, 0) is 16.6 Å². The van der Waals surface area contributed by atoms with Crippen molar-refractivity contribution in [3.05, 3.63) is 11.9 Å². The summed E-state index contributed by atoms with van der Waals surface area (Å²) in [7, 11) is 1.85. The summed E-state index contributed by atoms with van der Waals surface area (Å²) in [5.41, 5.74) is 1.63. The van der Waals surface area contributed by atoms with Crippen LogP contribution in [0.25, 0.3) is 0 Å². The molecule has 1 aliphatic rings. The van der Waals surface area contributed by atoms with Gasteiger partial charge in [-0.2, -0.15) is 5.10 Å². The van der Waals surface area contributed by atoms with Crippen molar-refractivity contribution >= 4 is 11.6 Å². The molecule has 0 saturated carbocycles. The first-order chi connectivity index (χ1) is 8.99. The van der Waals surface area contributed by atoms with Crippen LogP contribution in [0.1, 0.15) is 32.4 Å². The van der Waals surface area contributed by atoms with Gasteiger partial charge in [-0.1, -0.05) is 13.8 Å². The number of carbonyl (C=O) groups excluding carboxylic acids is 1. The van der Waals surface area contributed by atoms with Crippen LogP contribution in [0.2, 0.25) is 0 Å². The van der Waals surface area contributed by atoms with Gasteiger partial charge in [0.15, 0.2) is 0 Å². The molecule has 5 heteroatoms. The lowest BCUT2D eigenvalue weighted by Crippen LogP contribution is -2.41. The Morgan fingerprint density at radius 2 is 2.32 bits per heavy atom. The van der Waals surface area contributed by atoms with Crippen LogP contribution < -0.4 is 5.32 Å². The smallest absolute Gasteiger partial charge is 0.230 e. The molecule has 1 aromatic rings. The molecule has 1 N–H and O–H groups in total. The fourth-order valence-corrected chi connectivity index (χ4v) is 2.69. The van der Waals surface area contributed by atoms with Crippen LogP contribution in [0.3, 0.4) is 0 Å². The van der Waals surface area contributed by atoms with Crippen molar-refractivity contribution in [2.75, 3.05) is 11.9 Å². The highest BCUT2D eigenvalue weighted by atomic mass is 16.5. The summed E-state index contributed by atoms with van der Waals surface area (Å²) in [6.45, 7) is 6.86. The van der Waals surface area contributed by atoms with E-state index in [4.69, 9.17) is 4.74 Å². The van der Waals surface area contributed by atoms with Crippen LogP contribution >= 0.6 is 0 Å². The third kappa shape index (κ3) is 3.15. The standard InChI is InChI=1S/C14H23N3O2/c1-9(2)13-11(6-5-7-19-13)14(18)15-12-8-17(4)16-10(12)3/h8-9,11,13H,5-7H2,1-4H3,(H,15,18)/t11-,13+/m0/s1. The molecule has 1 aliphatic heterocycles. The minimum absolute atomic E-state index is 0.0192. The number of nitrogens with one attached hydrogen (secondary N) is 1. The highest BCUT2D eigenvalue weighted by molar-refractivity contribution is 5.93. The summed E-state index contributed by atoms with van der Waals surface area (Å²) in [6.07, 6.45) is 3.70. The van der Waals surface area contributed by atoms with Crippen LogP contribution in [0.5, 0.6) is 0 Å². The zero-order valence-electron chi connectivity index (χ0n) is 12.1. The molecular weight excluding hydrogens is 242 g/mol. The Morgan fingerprint density at radius 3 is 2.89 bits per heavy atom. The number of aromatic nitrogens is 2. The van der Waals surface area contributed by atoms with Gasteiger partial charge in [0.2, 0.25) is 5.91 Å². The van der Waals surface area contributed by atoms with Gasteiger partial charge >= 0.3 is 0 Å². The highest BCUT2D eigenvalue weighted by Crippen LogP contribution is 2.27. The van der Waals surface area contributed by atoms with E-state index in [-0.39, 0.29) is 17.9 Å². The molecule has 1 aromatic heterocycles. The number of nitrogens with zero attached hydrogens (tertiary/aromatic N) is 2. The predicted molar refractivity (Wildman–Crippen MR) is 73.9 cm³/mol. The second-order valence-corrected chi connectivity index (χ2v) is 5.62. The lowest BCUT2D eigenvalue weighted by Gasteiger charge is -2.33. The summed E-state index contributed by atoms with van der Waals surface area (Å²) in [6, 6.07) is 0. The third-order valence-electron chi connectivity index (χ3n) is 3.63. The van der Waals surface area contributed by atoms with Crippen molar-refractivity contribution in [3.8, 4) is 0 Å². The first kappa shape index (κ1) is 14.1. The Labute approximate surface area is 114 Å². The van der Waals surface area contributed by atoms with Gasteiger partial charge in [-0.3, -0.25) is 9.48 Å². The topological polar surface area (TPSA) is 56.2 Å². The van der Waals surface area contributed by atoms with E-state index < -0.39 is 0 Å². The monoisotopic (exact) mass is 265 g/mol. The predicted octanol–water partition coefficient (Wildman–Crippen LogP) is 2.12. The Morgan fingerprint density at radius 1 is 1.58 bits per heavy atom. The lowest BCUT2D eigenvalue weighted by molar-refractivity contribution is -0.131. The number of aryl methyl sites for hydroxylation is 2. The van der Waals surface area contributed by atoms with E-state index in [9.17, 15) is 4.79 Å². The number of hydrogen-bond donors (Lipinski definition) is 1. The second-order valence-electron chi connectivity index (χ2n) is 5.62. The molecule has 2 atom stereocenters. The number of anilines is 1. The Bertz CT molecular complexity index is 454. The molecule has 5 nitrogen and oxygen atoms in total. The first-order valence-electron chi connectivity index (χ1n) is 6.91. The molecule has 106 valence electrons. The maximum absolute atomic E-state index is 12.4. The fourth-order valence-electron chi connectivity index (χ4n) is 2.69. The van der Waals surface area contributed by atoms with Crippen molar-refractivity contribution in [2.45, 2.75) is 39.7 Å². The number of rotatable bonds is 3. The van der Waals surface area contributed by atoms with Crippen molar-refractivity contribution in [1.29, 1.82) is 0 Å². The third-order valence-corrected chi connectivity index (χ3v) is 3.63. The van der Waals surface area contributed by atoms with Gasteiger partial charge in [0.25, 0.3) is 0 Å². The maximum Gasteiger partial charge on any atom is 0.230 e. The van der Waals surface area contributed by atoms with E-state index in [0.717, 1.165) is 30.8 Å². The van der Waals surface area contributed by atoms with Gasteiger partial charge in [-0.25, -0.2) is 0 Å². The first-order valence-corrected chi connectivity index (χ1v) is 6.91. The van der Waals surface area contributed by atoms with Crippen LogP contribution in [0.4, 0.5) is 5.69 Å². The second kappa shape index (κ2) is 5.74. The molecule has 1 saturated heterocycles. The highest BCUT2D eigenvalue weighted by Gasteiger charge is 2.34. The zero-order chi connectivity index (χ0) is 14.0. The van der Waals surface area contributed by atoms with Gasteiger partial charge in [0.05, 0.1) is 23.4 Å². The van der Waals surface area contributed by atoms with E-state index >= 15 is 0 Å². The van der Waals surface area contributed by atoms with Crippen LogP contribution in [0, 0.1) is 18.8 Å². The molecule has 2 rings (SSSR count). The van der Waals surface area contributed by atoms with Crippen molar-refractivity contribution in [3.63, 3.8) is 0 Å². The minimum Gasteiger partial charge on any atom is -0.377 e. The maximum atomic E-state index is 12.4. The Hall–Kier alpha value is -1.36. The summed E-state index contributed by atoms with van der Waals surface area (Å²) in [4.78, 5) is 12.4. The quantitative estimate of drug-likeness (QED) is 0.910. The average Bonchev–Trinajstić information content (AvgIpc) is 2.67. The van der Waals surface area contributed by atoms with Crippen molar-refractivity contribution in [1.82, 2.24) is 9.78 Å². The van der Waals surface area contributed by atoms with E-state index in [1.54, 1.807) is 4.68 Å². The number of ether oxygens (including phenoxy) is 1. The molecule has 0 aromatic carbocycles. The Kier molecular flexibility index (Phi) is 4.24. The molecule has 2 heterocycles. The van der Waals surface area contributed by atoms with Crippen LogP contribution in [0.15, 0.2) is 6.20 Å². The SMILES string of the molecule is Cc1nn(C)cc1NC(=O)[C@H]1CCCO[C@@H]1C(C)C. The van der Waals surface area contributed by atoms with Gasteiger partial charge in [0.1, 0.15) is 0 Å². The Balaban J connectivity index is 2.07. The normalized spacial score (nSPS) is 23.6. The number of amides is 1. The molecule has 1 fully saturated rings. The number of carbonyl (C=O) groups is 1. The van der Waals surface area contributed by atoms with Crippen molar-refractivity contribution < 1.29 is 9.53 Å². The van der Waals surface area contributed by atoms with Gasteiger partial charge in [0, 0.05) is 19.9 Å². The summed E-state index contributed by atoms with van der Waals surface area (Å²) < 4.78 is 7.48. The minimum atomic E-state index is -0.0617. The molecule has 0 unspecified atom stereocenters. The summed E-state index contributed by atoms with van der Waals surface area (Å²) in [5, 5.41) is 7.22. The molecule has 0 radical (unpaired) electrons. The summed E-state index contributed by atoms with van der Waals surface area (Å²) >= 11 is 0. The summed E-state index contributed by atoms with van der Waals surface area (Å²) in [5.74, 6) is 0.342. The largest absolute Gasteiger partial charge is 0.377 e. The van der Waals surface area contributed by atoms with E-state index in [1.165, 1.54) is 0 Å². The van der Waals surface area contributed by atoms with Crippen LogP contribution in [-0.4, -0.2) is 28.4 Å². The molecule has 0 spiro atoms. The lowest BCUT2D eigenvalue weighted by atomic mass is 9.87. The molecule has 19 heavy (non-hydrogen) atoms. The van der Waals surface area contributed by atoms with E-state index in [2.05, 4.69) is 24.3 Å². The van der Waals surface area contributed by atoms with E-state index in [1.807, 2.05) is 20.2 Å². The molecule has 1 amide bonds. The number of hydrogen-bond acceptors (Lipinski definition) is 3. The fraction of sp³-hybridized carbons (Fsp3) is 0.714. The van der Waals surface area contributed by atoms with E-state index in [0.29, 0.717) is 5.92 Å². The van der Waals surface area contributed by atoms with Gasteiger partial charge in [-0.05, 0) is 25.7 Å². The van der Waals surface area contributed by atoms with Crippen molar-refractivity contribution in [2.24, 2.45) is 18.9 Å². The van der Waals surface area contributed by atoms with Gasteiger partial charge < -0.3 is 10.1 Å². The average molecular weight is 265 g/mol.